The van der Waals surface area contributed by atoms with Gasteiger partial charge in [-0.25, -0.2) is 8.78 Å². The van der Waals surface area contributed by atoms with E-state index in [-0.39, 0.29) is 11.8 Å². The van der Waals surface area contributed by atoms with Crippen molar-refractivity contribution in [3.63, 3.8) is 0 Å². The van der Waals surface area contributed by atoms with E-state index in [9.17, 15) is 8.78 Å². The van der Waals surface area contributed by atoms with Crippen LogP contribution in [-0.4, -0.2) is 13.1 Å². The molecular weight excluding hydrogens is 440 g/mol. The number of nitrogens with one attached hydrogen (secondary N) is 1. The topological polar surface area (TPSA) is 21.3 Å². The van der Waals surface area contributed by atoms with Crippen LogP contribution in [0.2, 0.25) is 0 Å². The highest BCUT2D eigenvalue weighted by Crippen LogP contribution is 2.40. The SMILES string of the molecule is Cc1cc(-c2ccccc2COc2ccccc2)ccc1[C@H]1CNCC[C@@H]1c1cc(F)cc(F)c1. The molecule has 1 N–H and O–H groups in total. The molecule has 0 aliphatic carbocycles. The lowest BCUT2D eigenvalue weighted by atomic mass is 9.76. The third-order valence-corrected chi connectivity index (χ3v) is 6.93. The Morgan fingerprint density at radius 1 is 0.829 bits per heavy atom. The maximum atomic E-state index is 14.0. The van der Waals surface area contributed by atoms with E-state index in [2.05, 4.69) is 42.6 Å². The molecular formula is C31H29F2NO. The number of hydrogen-bond acceptors (Lipinski definition) is 2. The molecule has 2 nitrogen and oxygen atoms in total. The maximum Gasteiger partial charge on any atom is 0.126 e. The summed E-state index contributed by atoms with van der Waals surface area (Å²) in [4.78, 5) is 0. The van der Waals surface area contributed by atoms with Crippen molar-refractivity contribution in [2.45, 2.75) is 31.8 Å². The first-order valence-electron chi connectivity index (χ1n) is 12.1. The number of aryl methyl sites for hydroxylation is 1. The van der Waals surface area contributed by atoms with Crippen molar-refractivity contribution in [2.75, 3.05) is 13.1 Å². The summed E-state index contributed by atoms with van der Waals surface area (Å²) >= 11 is 0. The predicted octanol–water partition coefficient (Wildman–Crippen LogP) is 7.38. The number of para-hydroxylation sites is 1. The minimum absolute atomic E-state index is 0.0672. The number of piperidine rings is 1. The monoisotopic (exact) mass is 469 g/mol. The summed E-state index contributed by atoms with van der Waals surface area (Å²) in [7, 11) is 0. The maximum absolute atomic E-state index is 14.0. The van der Waals surface area contributed by atoms with Gasteiger partial charge in [0.1, 0.15) is 24.0 Å². The Balaban J connectivity index is 1.43. The van der Waals surface area contributed by atoms with Gasteiger partial charge in [-0.2, -0.15) is 0 Å². The normalized spacial score (nSPS) is 17.8. The molecule has 1 saturated heterocycles. The average Bonchev–Trinajstić information content (AvgIpc) is 2.88. The van der Waals surface area contributed by atoms with Gasteiger partial charge in [0.15, 0.2) is 0 Å². The Hall–Kier alpha value is -3.50. The van der Waals surface area contributed by atoms with Crippen LogP contribution in [0.3, 0.4) is 0 Å². The van der Waals surface area contributed by atoms with Gasteiger partial charge in [-0.15, -0.1) is 0 Å². The molecule has 0 spiro atoms. The van der Waals surface area contributed by atoms with Gasteiger partial charge >= 0.3 is 0 Å². The summed E-state index contributed by atoms with van der Waals surface area (Å²) < 4.78 is 34.0. The molecule has 2 atom stereocenters. The van der Waals surface area contributed by atoms with Crippen molar-refractivity contribution < 1.29 is 13.5 Å². The molecule has 0 aromatic heterocycles. The minimum atomic E-state index is -0.515. The van der Waals surface area contributed by atoms with Gasteiger partial charge in [-0.1, -0.05) is 60.7 Å². The van der Waals surface area contributed by atoms with Crippen molar-refractivity contribution in [2.24, 2.45) is 0 Å². The standard InChI is InChI=1S/C31H29F2NO/c1-21-15-22(29-10-6-5-7-23(29)20-35-27-8-3-2-4-9-27)11-12-28(21)31-19-34-14-13-30(31)24-16-25(32)18-26(33)17-24/h2-12,15-18,30-31,34H,13-14,19-20H2,1H3/t30-,31-/m1/s1. The van der Waals surface area contributed by atoms with E-state index in [0.717, 1.165) is 53.6 Å². The summed E-state index contributed by atoms with van der Waals surface area (Å²) in [6.45, 7) is 4.23. The number of ether oxygens (including phenoxy) is 1. The minimum Gasteiger partial charge on any atom is -0.489 e. The second-order valence-corrected chi connectivity index (χ2v) is 9.24. The second kappa shape index (κ2) is 10.4. The van der Waals surface area contributed by atoms with E-state index in [0.29, 0.717) is 6.61 Å². The molecule has 1 fully saturated rings. The van der Waals surface area contributed by atoms with Crippen molar-refractivity contribution in [3.8, 4) is 16.9 Å². The molecule has 0 unspecified atom stereocenters. The Labute approximate surface area is 205 Å². The first-order valence-corrected chi connectivity index (χ1v) is 12.1. The third-order valence-electron chi connectivity index (χ3n) is 6.93. The van der Waals surface area contributed by atoms with E-state index in [1.165, 1.54) is 23.3 Å². The number of hydrogen-bond donors (Lipinski definition) is 1. The van der Waals surface area contributed by atoms with Gasteiger partial charge in [0.05, 0.1) is 0 Å². The van der Waals surface area contributed by atoms with Crippen molar-refractivity contribution in [3.05, 3.63) is 125 Å². The number of rotatable bonds is 6. The fraction of sp³-hybridized carbons (Fsp3) is 0.226. The molecule has 4 aromatic rings. The number of halogens is 2. The molecule has 4 heteroatoms. The van der Waals surface area contributed by atoms with Crippen LogP contribution < -0.4 is 10.1 Å². The van der Waals surface area contributed by atoms with Crippen LogP contribution in [0.15, 0.2) is 91.0 Å². The Morgan fingerprint density at radius 2 is 1.57 bits per heavy atom. The lowest BCUT2D eigenvalue weighted by Gasteiger charge is -2.34. The quantitative estimate of drug-likeness (QED) is 0.318. The van der Waals surface area contributed by atoms with Gasteiger partial charge in [-0.05, 0) is 83.5 Å². The van der Waals surface area contributed by atoms with Crippen LogP contribution in [0, 0.1) is 18.6 Å². The Morgan fingerprint density at radius 3 is 2.34 bits per heavy atom. The van der Waals surface area contributed by atoms with E-state index in [1.807, 2.05) is 42.5 Å². The highest BCUT2D eigenvalue weighted by molar-refractivity contribution is 5.68. The predicted molar refractivity (Wildman–Crippen MR) is 137 cm³/mol. The van der Waals surface area contributed by atoms with Crippen molar-refractivity contribution >= 4 is 0 Å². The highest BCUT2D eigenvalue weighted by atomic mass is 19.1. The molecule has 35 heavy (non-hydrogen) atoms. The number of benzene rings is 4. The summed E-state index contributed by atoms with van der Waals surface area (Å²) in [5.41, 5.74) is 6.53. The van der Waals surface area contributed by atoms with E-state index < -0.39 is 11.6 Å². The van der Waals surface area contributed by atoms with Crippen molar-refractivity contribution in [1.29, 1.82) is 0 Å². The van der Waals surface area contributed by atoms with Gasteiger partial charge in [0.25, 0.3) is 0 Å². The molecule has 0 radical (unpaired) electrons. The van der Waals surface area contributed by atoms with Gasteiger partial charge in [0, 0.05) is 18.5 Å². The fourth-order valence-electron chi connectivity index (χ4n) is 5.24. The van der Waals surface area contributed by atoms with Crippen LogP contribution in [0.25, 0.3) is 11.1 Å². The van der Waals surface area contributed by atoms with E-state index >= 15 is 0 Å². The van der Waals surface area contributed by atoms with Gasteiger partial charge < -0.3 is 10.1 Å². The van der Waals surface area contributed by atoms with Gasteiger partial charge in [0.2, 0.25) is 0 Å². The zero-order valence-electron chi connectivity index (χ0n) is 19.8. The largest absolute Gasteiger partial charge is 0.489 e. The molecule has 0 bridgehead atoms. The van der Waals surface area contributed by atoms with Crippen LogP contribution in [-0.2, 0) is 6.61 Å². The summed E-state index contributed by atoms with van der Waals surface area (Å²) in [5, 5.41) is 3.47. The van der Waals surface area contributed by atoms with Crippen LogP contribution in [0.1, 0.15) is 40.5 Å². The third kappa shape index (κ3) is 5.28. The lowest BCUT2D eigenvalue weighted by Crippen LogP contribution is -2.34. The Kier molecular flexibility index (Phi) is 6.91. The second-order valence-electron chi connectivity index (χ2n) is 9.24. The summed E-state index contributed by atoms with van der Waals surface area (Å²) in [6.07, 6.45) is 0.842. The molecule has 1 aliphatic heterocycles. The lowest BCUT2D eigenvalue weighted by molar-refractivity contribution is 0.307. The zero-order valence-corrected chi connectivity index (χ0v) is 19.8. The first-order chi connectivity index (χ1) is 17.1. The smallest absolute Gasteiger partial charge is 0.126 e. The molecule has 1 aliphatic rings. The van der Waals surface area contributed by atoms with Gasteiger partial charge in [-0.3, -0.25) is 0 Å². The fourth-order valence-corrected chi connectivity index (χ4v) is 5.24. The van der Waals surface area contributed by atoms with E-state index in [4.69, 9.17) is 4.74 Å². The van der Waals surface area contributed by atoms with Crippen LogP contribution in [0.4, 0.5) is 8.78 Å². The average molecular weight is 470 g/mol. The molecule has 1 heterocycles. The van der Waals surface area contributed by atoms with E-state index in [1.54, 1.807) is 0 Å². The summed E-state index contributed by atoms with van der Waals surface area (Å²) in [6, 6.07) is 28.6. The molecule has 4 aromatic carbocycles. The molecule has 0 amide bonds. The van der Waals surface area contributed by atoms with Crippen LogP contribution >= 0.6 is 0 Å². The highest BCUT2D eigenvalue weighted by Gasteiger charge is 2.29. The Bertz CT molecular complexity index is 1280. The van der Waals surface area contributed by atoms with Crippen molar-refractivity contribution in [1.82, 2.24) is 5.32 Å². The first kappa shape index (κ1) is 23.3. The summed E-state index contributed by atoms with van der Waals surface area (Å²) in [5.74, 6) is 0.0315. The molecule has 178 valence electrons. The molecule has 5 rings (SSSR count). The van der Waals surface area contributed by atoms with Crippen LogP contribution in [0.5, 0.6) is 5.75 Å². The molecule has 0 saturated carbocycles. The zero-order chi connectivity index (χ0) is 24.2.